The van der Waals surface area contributed by atoms with Gasteiger partial charge in [0.15, 0.2) is 11.5 Å². The van der Waals surface area contributed by atoms with Crippen molar-refractivity contribution in [3.05, 3.63) is 54.1 Å². The maximum atomic E-state index is 12.8. The lowest BCUT2D eigenvalue weighted by Gasteiger charge is -2.17. The molecule has 0 aromatic heterocycles. The molecule has 3 rings (SSSR count). The van der Waals surface area contributed by atoms with E-state index in [1.54, 1.807) is 0 Å². The van der Waals surface area contributed by atoms with Gasteiger partial charge < -0.3 is 14.8 Å². The zero-order valence-corrected chi connectivity index (χ0v) is 14.2. The van der Waals surface area contributed by atoms with Crippen LogP contribution in [0.1, 0.15) is 32.3 Å². The summed E-state index contributed by atoms with van der Waals surface area (Å²) < 4.78 is 11.2. The third-order valence-corrected chi connectivity index (χ3v) is 4.31. The van der Waals surface area contributed by atoms with Crippen molar-refractivity contribution in [2.45, 2.75) is 32.1 Å². The van der Waals surface area contributed by atoms with Crippen LogP contribution in [-0.2, 0) is 10.2 Å². The zero-order valence-electron chi connectivity index (χ0n) is 14.2. The van der Waals surface area contributed by atoms with Crippen LogP contribution >= 0.6 is 0 Å². The van der Waals surface area contributed by atoms with E-state index in [0.29, 0.717) is 24.7 Å². The summed E-state index contributed by atoms with van der Waals surface area (Å²) in [6, 6.07) is 15.5. The minimum absolute atomic E-state index is 0.0420. The lowest BCUT2D eigenvalue weighted by atomic mass is 9.95. The van der Waals surface area contributed by atoms with E-state index in [1.807, 2.05) is 62.4 Å². The van der Waals surface area contributed by atoms with Gasteiger partial charge in [-0.25, -0.2) is 0 Å². The molecule has 4 heteroatoms. The Bertz CT molecular complexity index is 708. The van der Waals surface area contributed by atoms with E-state index in [0.717, 1.165) is 24.1 Å². The fraction of sp³-hybridized carbons (Fsp3) is 0.350. The molecule has 0 heterocycles. The van der Waals surface area contributed by atoms with E-state index < -0.39 is 0 Å². The average Bonchev–Trinajstić information content (AvgIpc) is 3.40. The van der Waals surface area contributed by atoms with Crippen LogP contribution in [0.15, 0.2) is 48.5 Å². The third kappa shape index (κ3) is 3.23. The Labute approximate surface area is 142 Å². The molecule has 0 saturated heterocycles. The number of hydrogen-bond donors (Lipinski definition) is 1. The SMILES string of the molecule is CCOc1ccc(NC(=O)C2(c3ccccc3)CC2)cc1OCC. The molecule has 0 radical (unpaired) electrons. The number of carbonyl (C=O) groups excluding carboxylic acids is 1. The van der Waals surface area contributed by atoms with Crippen LogP contribution in [0.25, 0.3) is 0 Å². The summed E-state index contributed by atoms with van der Waals surface area (Å²) in [7, 11) is 0. The van der Waals surface area contributed by atoms with Crippen molar-refractivity contribution in [3.63, 3.8) is 0 Å². The zero-order chi connectivity index (χ0) is 17.0. The summed E-state index contributed by atoms with van der Waals surface area (Å²) >= 11 is 0. The topological polar surface area (TPSA) is 47.6 Å². The molecule has 0 atom stereocenters. The van der Waals surface area contributed by atoms with Gasteiger partial charge in [0.05, 0.1) is 18.6 Å². The van der Waals surface area contributed by atoms with E-state index in [2.05, 4.69) is 5.32 Å². The molecular formula is C20H23NO3. The van der Waals surface area contributed by atoms with Crippen molar-refractivity contribution < 1.29 is 14.3 Å². The number of carbonyl (C=O) groups is 1. The second-order valence-corrected chi connectivity index (χ2v) is 5.93. The van der Waals surface area contributed by atoms with Crippen molar-refractivity contribution in [1.82, 2.24) is 0 Å². The van der Waals surface area contributed by atoms with Crippen LogP contribution in [0.4, 0.5) is 5.69 Å². The van der Waals surface area contributed by atoms with Crippen molar-refractivity contribution >= 4 is 11.6 Å². The Morgan fingerprint density at radius 3 is 2.29 bits per heavy atom. The molecule has 0 bridgehead atoms. The Morgan fingerprint density at radius 2 is 1.67 bits per heavy atom. The molecule has 2 aromatic carbocycles. The van der Waals surface area contributed by atoms with Gasteiger partial charge in [-0.05, 0) is 44.4 Å². The second kappa shape index (κ2) is 6.95. The number of nitrogens with one attached hydrogen (secondary N) is 1. The van der Waals surface area contributed by atoms with Crippen LogP contribution in [-0.4, -0.2) is 19.1 Å². The molecule has 0 spiro atoms. The Hall–Kier alpha value is -2.49. The van der Waals surface area contributed by atoms with Crippen LogP contribution in [0.5, 0.6) is 11.5 Å². The molecule has 1 saturated carbocycles. The number of benzene rings is 2. The van der Waals surface area contributed by atoms with Crippen molar-refractivity contribution in [1.29, 1.82) is 0 Å². The largest absolute Gasteiger partial charge is 0.490 e. The van der Waals surface area contributed by atoms with Crippen LogP contribution < -0.4 is 14.8 Å². The highest BCUT2D eigenvalue weighted by molar-refractivity contribution is 6.01. The molecule has 1 aliphatic rings. The Balaban J connectivity index is 1.78. The Kier molecular flexibility index (Phi) is 4.74. The van der Waals surface area contributed by atoms with Gasteiger partial charge in [0.25, 0.3) is 0 Å². The van der Waals surface area contributed by atoms with E-state index >= 15 is 0 Å². The monoisotopic (exact) mass is 325 g/mol. The molecule has 0 unspecified atom stereocenters. The standard InChI is InChI=1S/C20H23NO3/c1-3-23-17-11-10-16(14-18(17)24-4-2)21-19(22)20(12-13-20)15-8-6-5-7-9-15/h5-11,14H,3-4,12-13H2,1-2H3,(H,21,22). The van der Waals surface area contributed by atoms with Crippen LogP contribution in [0, 0.1) is 0 Å². The minimum Gasteiger partial charge on any atom is -0.490 e. The van der Waals surface area contributed by atoms with E-state index in [-0.39, 0.29) is 11.3 Å². The van der Waals surface area contributed by atoms with Crippen molar-refractivity contribution in [2.24, 2.45) is 0 Å². The van der Waals surface area contributed by atoms with Gasteiger partial charge in [0, 0.05) is 11.8 Å². The van der Waals surface area contributed by atoms with E-state index in [4.69, 9.17) is 9.47 Å². The fourth-order valence-corrected chi connectivity index (χ4v) is 2.91. The minimum atomic E-state index is -0.383. The van der Waals surface area contributed by atoms with Crippen LogP contribution in [0.2, 0.25) is 0 Å². The Morgan fingerprint density at radius 1 is 1.00 bits per heavy atom. The first kappa shape index (κ1) is 16.4. The molecule has 1 aliphatic carbocycles. The van der Waals surface area contributed by atoms with E-state index in [9.17, 15) is 4.79 Å². The predicted molar refractivity (Wildman–Crippen MR) is 94.8 cm³/mol. The highest BCUT2D eigenvalue weighted by Crippen LogP contribution is 2.49. The lowest BCUT2D eigenvalue weighted by molar-refractivity contribution is -0.118. The first-order valence-electron chi connectivity index (χ1n) is 8.46. The van der Waals surface area contributed by atoms with Gasteiger partial charge in [0.1, 0.15) is 0 Å². The van der Waals surface area contributed by atoms with Gasteiger partial charge in [-0.15, -0.1) is 0 Å². The number of anilines is 1. The highest BCUT2D eigenvalue weighted by atomic mass is 16.5. The number of rotatable bonds is 7. The number of ether oxygens (including phenoxy) is 2. The van der Waals surface area contributed by atoms with Gasteiger partial charge in [0.2, 0.25) is 5.91 Å². The molecule has 1 amide bonds. The third-order valence-electron chi connectivity index (χ3n) is 4.31. The summed E-state index contributed by atoms with van der Waals surface area (Å²) in [5.41, 5.74) is 1.43. The summed E-state index contributed by atoms with van der Waals surface area (Å²) in [5, 5.41) is 3.04. The molecule has 126 valence electrons. The second-order valence-electron chi connectivity index (χ2n) is 5.93. The highest BCUT2D eigenvalue weighted by Gasteiger charge is 2.51. The molecule has 24 heavy (non-hydrogen) atoms. The molecule has 4 nitrogen and oxygen atoms in total. The fourth-order valence-electron chi connectivity index (χ4n) is 2.91. The van der Waals surface area contributed by atoms with Gasteiger partial charge in [-0.2, -0.15) is 0 Å². The van der Waals surface area contributed by atoms with Gasteiger partial charge in [-0.1, -0.05) is 30.3 Å². The first-order chi connectivity index (χ1) is 11.7. The molecule has 2 aromatic rings. The summed E-state index contributed by atoms with van der Waals surface area (Å²) in [6.07, 6.45) is 1.77. The maximum absolute atomic E-state index is 12.8. The number of hydrogen-bond acceptors (Lipinski definition) is 3. The summed E-state index contributed by atoms with van der Waals surface area (Å²) in [4.78, 5) is 12.8. The van der Waals surface area contributed by atoms with E-state index in [1.165, 1.54) is 0 Å². The average molecular weight is 325 g/mol. The predicted octanol–water partition coefficient (Wildman–Crippen LogP) is 4.15. The van der Waals surface area contributed by atoms with Crippen molar-refractivity contribution in [2.75, 3.05) is 18.5 Å². The smallest absolute Gasteiger partial charge is 0.235 e. The molecule has 1 fully saturated rings. The normalized spacial score (nSPS) is 14.8. The quantitative estimate of drug-likeness (QED) is 0.832. The summed E-state index contributed by atoms with van der Waals surface area (Å²) in [5.74, 6) is 1.39. The molecule has 0 aliphatic heterocycles. The van der Waals surface area contributed by atoms with Crippen molar-refractivity contribution in [3.8, 4) is 11.5 Å². The number of amides is 1. The maximum Gasteiger partial charge on any atom is 0.235 e. The van der Waals surface area contributed by atoms with Gasteiger partial charge >= 0.3 is 0 Å². The molecular weight excluding hydrogens is 302 g/mol. The summed E-state index contributed by atoms with van der Waals surface area (Å²) in [6.45, 7) is 4.98. The van der Waals surface area contributed by atoms with Crippen LogP contribution in [0.3, 0.4) is 0 Å². The molecule has 1 N–H and O–H groups in total. The van der Waals surface area contributed by atoms with Gasteiger partial charge in [-0.3, -0.25) is 4.79 Å². The lowest BCUT2D eigenvalue weighted by Crippen LogP contribution is -2.27. The first-order valence-corrected chi connectivity index (χ1v) is 8.46.